The molecule has 3 heterocycles. The number of nitrogens with one attached hydrogen (secondary N) is 2. The summed E-state index contributed by atoms with van der Waals surface area (Å²) in [5, 5.41) is 2.92. The minimum absolute atomic E-state index is 0.180. The second-order valence-electron chi connectivity index (χ2n) is 8.09. The monoisotopic (exact) mass is 418 g/mol. The van der Waals surface area contributed by atoms with Gasteiger partial charge in [0.05, 0.1) is 0 Å². The Morgan fingerprint density at radius 1 is 1.13 bits per heavy atom. The third-order valence-electron chi connectivity index (χ3n) is 5.96. The number of nitrogens with zero attached hydrogens (tertiary/aromatic N) is 3. The number of hydrogen-bond donors (Lipinski definition) is 3. The van der Waals surface area contributed by atoms with E-state index in [0.29, 0.717) is 0 Å². The minimum Gasteiger partial charge on any atom is -0.331 e. The summed E-state index contributed by atoms with van der Waals surface area (Å²) in [7, 11) is 0. The van der Waals surface area contributed by atoms with E-state index in [1.54, 1.807) is 24.7 Å². The van der Waals surface area contributed by atoms with Crippen molar-refractivity contribution in [2.45, 2.75) is 25.4 Å². The van der Waals surface area contributed by atoms with Gasteiger partial charge in [-0.05, 0) is 60.9 Å². The Kier molecular flexibility index (Phi) is 7.09. The molecule has 1 aromatic heterocycles. The first-order chi connectivity index (χ1) is 15.2. The Balaban J connectivity index is 1.30. The summed E-state index contributed by atoms with van der Waals surface area (Å²) in [5.41, 5.74) is 6.29. The largest absolute Gasteiger partial charge is 0.331 e. The van der Waals surface area contributed by atoms with Crippen LogP contribution in [0.5, 0.6) is 0 Å². The summed E-state index contributed by atoms with van der Waals surface area (Å²) >= 11 is 0. The molecule has 0 bridgehead atoms. The van der Waals surface area contributed by atoms with Crippen molar-refractivity contribution in [3.63, 3.8) is 0 Å². The number of benzene rings is 1. The summed E-state index contributed by atoms with van der Waals surface area (Å²) < 4.78 is 0. The van der Waals surface area contributed by atoms with Gasteiger partial charge in [0, 0.05) is 68.1 Å². The van der Waals surface area contributed by atoms with Crippen molar-refractivity contribution in [3.8, 4) is 0 Å². The van der Waals surface area contributed by atoms with Crippen LogP contribution in [-0.2, 0) is 11.3 Å². The fraction of sp³-hybridized carbons (Fsp3) is 0.333. The van der Waals surface area contributed by atoms with Gasteiger partial charge in [0.1, 0.15) is 0 Å². The number of hydrogen-bond acceptors (Lipinski definition) is 6. The maximum Gasteiger partial charge on any atom is 0.248 e. The number of carbonyl (C=O) groups excluding carboxylic acids is 1. The number of carbonyl (C=O) groups is 1. The molecule has 0 spiro atoms. The van der Waals surface area contributed by atoms with E-state index in [0.717, 1.165) is 42.5 Å². The van der Waals surface area contributed by atoms with E-state index < -0.39 is 0 Å². The van der Waals surface area contributed by atoms with Crippen LogP contribution < -0.4 is 16.6 Å². The molecule has 1 atom stereocenters. The number of fused-ring (bicyclic) bond motifs is 1. The summed E-state index contributed by atoms with van der Waals surface area (Å²) in [5.74, 6) is 5.10. The molecular formula is C24H30N6O. The Labute approximate surface area is 183 Å². The van der Waals surface area contributed by atoms with Gasteiger partial charge in [0.15, 0.2) is 0 Å². The zero-order chi connectivity index (χ0) is 21.5. The molecule has 1 aromatic carbocycles. The number of anilines is 1. The van der Waals surface area contributed by atoms with Crippen LogP contribution in [-0.4, -0.2) is 52.9 Å². The molecule has 0 saturated carbocycles. The van der Waals surface area contributed by atoms with Gasteiger partial charge in [-0.1, -0.05) is 12.1 Å². The van der Waals surface area contributed by atoms with Crippen molar-refractivity contribution in [3.05, 3.63) is 71.7 Å². The van der Waals surface area contributed by atoms with E-state index >= 15 is 0 Å². The first-order valence-corrected chi connectivity index (χ1v) is 10.8. The molecule has 1 unspecified atom stereocenters. The molecule has 0 radical (unpaired) electrons. The van der Waals surface area contributed by atoms with Crippen molar-refractivity contribution in [1.29, 1.82) is 0 Å². The van der Waals surface area contributed by atoms with Crippen molar-refractivity contribution >= 4 is 23.7 Å². The van der Waals surface area contributed by atoms with Crippen LogP contribution in [0.1, 0.15) is 29.5 Å². The van der Waals surface area contributed by atoms with Crippen molar-refractivity contribution in [2.24, 2.45) is 5.84 Å². The fourth-order valence-corrected chi connectivity index (χ4v) is 4.35. The Bertz CT molecular complexity index is 939. The lowest BCUT2D eigenvalue weighted by Gasteiger charge is -2.37. The first-order valence-electron chi connectivity index (χ1n) is 10.8. The van der Waals surface area contributed by atoms with Gasteiger partial charge in [0.25, 0.3) is 0 Å². The first kappa shape index (κ1) is 21.2. The highest BCUT2D eigenvalue weighted by Crippen LogP contribution is 2.23. The zero-order valence-electron chi connectivity index (χ0n) is 17.7. The summed E-state index contributed by atoms with van der Waals surface area (Å²) in [4.78, 5) is 21.6. The third-order valence-corrected chi connectivity index (χ3v) is 5.96. The number of pyridine rings is 1. The molecule has 2 aliphatic rings. The average molecular weight is 419 g/mol. The average Bonchev–Trinajstić information content (AvgIpc) is 3.26. The molecule has 0 aliphatic carbocycles. The third kappa shape index (κ3) is 5.79. The highest BCUT2D eigenvalue weighted by atomic mass is 16.1. The van der Waals surface area contributed by atoms with E-state index in [1.807, 2.05) is 24.3 Å². The van der Waals surface area contributed by atoms with E-state index in [2.05, 4.69) is 37.7 Å². The molecule has 7 nitrogen and oxygen atoms in total. The lowest BCUT2D eigenvalue weighted by atomic mass is 10.1. The normalized spacial score (nSPS) is 19.7. The number of nitrogens with two attached hydrogens (primary N) is 1. The van der Waals surface area contributed by atoms with Crippen LogP contribution in [0.3, 0.4) is 0 Å². The van der Waals surface area contributed by atoms with E-state index in [9.17, 15) is 4.79 Å². The molecule has 4 rings (SSSR count). The van der Waals surface area contributed by atoms with Crippen LogP contribution in [0.4, 0.5) is 5.69 Å². The van der Waals surface area contributed by atoms with E-state index in [-0.39, 0.29) is 5.91 Å². The highest BCUT2D eigenvalue weighted by molar-refractivity contribution is 6.02. The molecular weight excluding hydrogens is 388 g/mol. The molecule has 7 heteroatoms. The standard InChI is InChI=1S/C24H30N6O/c25-27-12-10-20-9-11-26-16-21(20)5-8-24(31)28-22-6-3-19(4-7-22)17-29-14-15-30-13-1-2-23(30)18-29/h3-12,16,23,27H,1-2,13-15,17-18,25H2,(H,28,31)/b8-5+,12-10+. The second kappa shape index (κ2) is 10.3. The smallest absolute Gasteiger partial charge is 0.248 e. The molecule has 31 heavy (non-hydrogen) atoms. The molecule has 162 valence electrons. The predicted octanol–water partition coefficient (Wildman–Crippen LogP) is 2.45. The van der Waals surface area contributed by atoms with Crippen LogP contribution in [0.2, 0.25) is 0 Å². The molecule has 4 N–H and O–H groups in total. The number of amides is 1. The van der Waals surface area contributed by atoms with Gasteiger partial charge < -0.3 is 10.7 Å². The van der Waals surface area contributed by atoms with Crippen molar-refractivity contribution in [2.75, 3.05) is 31.5 Å². The Morgan fingerprint density at radius 3 is 2.84 bits per heavy atom. The molecule has 2 aliphatic heterocycles. The van der Waals surface area contributed by atoms with Gasteiger partial charge >= 0.3 is 0 Å². The van der Waals surface area contributed by atoms with Crippen LogP contribution >= 0.6 is 0 Å². The van der Waals surface area contributed by atoms with Gasteiger partial charge in [-0.25, -0.2) is 0 Å². The van der Waals surface area contributed by atoms with Crippen LogP contribution in [0, 0.1) is 0 Å². The lowest BCUT2D eigenvalue weighted by molar-refractivity contribution is -0.111. The van der Waals surface area contributed by atoms with Crippen molar-refractivity contribution in [1.82, 2.24) is 20.2 Å². The Hall–Kier alpha value is -3.00. The van der Waals surface area contributed by atoms with Crippen LogP contribution in [0.15, 0.2) is 55.0 Å². The molecule has 2 aromatic rings. The van der Waals surface area contributed by atoms with Gasteiger partial charge in [-0.2, -0.15) is 0 Å². The number of hydrazine groups is 1. The zero-order valence-corrected chi connectivity index (χ0v) is 17.7. The quantitative estimate of drug-likeness (QED) is 0.364. The van der Waals surface area contributed by atoms with E-state index in [4.69, 9.17) is 5.84 Å². The minimum atomic E-state index is -0.180. The van der Waals surface area contributed by atoms with Gasteiger partial charge in [0.2, 0.25) is 5.91 Å². The van der Waals surface area contributed by atoms with Crippen LogP contribution in [0.25, 0.3) is 12.2 Å². The highest BCUT2D eigenvalue weighted by Gasteiger charge is 2.30. The SMILES string of the molecule is NN/C=C/c1ccncc1/C=C/C(=O)Nc1ccc(CN2CCN3CCCC3C2)cc1. The van der Waals surface area contributed by atoms with E-state index in [1.165, 1.54) is 37.6 Å². The van der Waals surface area contributed by atoms with Gasteiger partial charge in [-0.3, -0.25) is 25.4 Å². The lowest BCUT2D eigenvalue weighted by Crippen LogP contribution is -2.49. The number of rotatable bonds is 7. The fourth-order valence-electron chi connectivity index (χ4n) is 4.35. The predicted molar refractivity (Wildman–Crippen MR) is 125 cm³/mol. The molecule has 2 saturated heterocycles. The van der Waals surface area contributed by atoms with Crippen molar-refractivity contribution < 1.29 is 4.79 Å². The summed E-state index contributed by atoms with van der Waals surface area (Å²) in [6.07, 6.45) is 12.8. The maximum absolute atomic E-state index is 12.3. The number of aromatic nitrogens is 1. The second-order valence-corrected chi connectivity index (χ2v) is 8.09. The topological polar surface area (TPSA) is 86.5 Å². The van der Waals surface area contributed by atoms with Gasteiger partial charge in [-0.15, -0.1) is 0 Å². The summed E-state index contributed by atoms with van der Waals surface area (Å²) in [6, 6.07) is 10.7. The number of piperazine rings is 1. The Morgan fingerprint density at radius 2 is 2.00 bits per heavy atom. The maximum atomic E-state index is 12.3. The molecule has 1 amide bonds. The molecule has 2 fully saturated rings. The summed E-state index contributed by atoms with van der Waals surface area (Å²) in [6.45, 7) is 5.71.